The van der Waals surface area contributed by atoms with Gasteiger partial charge in [0.05, 0.1) is 16.8 Å². The second-order valence-electron chi connectivity index (χ2n) is 9.73. The first-order valence-electron chi connectivity index (χ1n) is 13.0. The molecule has 1 aliphatic heterocycles. The van der Waals surface area contributed by atoms with Gasteiger partial charge in [0.1, 0.15) is 11.7 Å². The number of carbonyl (C=O) groups excluding carboxylic acids is 2. The van der Waals surface area contributed by atoms with Crippen molar-refractivity contribution in [3.05, 3.63) is 111 Å². The number of amides is 1. The van der Waals surface area contributed by atoms with Crippen LogP contribution in [0.5, 0.6) is 0 Å². The van der Waals surface area contributed by atoms with Crippen LogP contribution in [0.1, 0.15) is 55.6 Å². The number of hydrogen-bond acceptors (Lipinski definition) is 6. The summed E-state index contributed by atoms with van der Waals surface area (Å²) in [5.41, 5.74) is 3.35. The Hall–Kier alpha value is -4.41. The number of halogens is 2. The molecule has 0 spiro atoms. The van der Waals surface area contributed by atoms with Crippen LogP contribution >= 0.6 is 11.6 Å². The Labute approximate surface area is 239 Å². The smallest absolute Gasteiger partial charge is 0.335 e. The summed E-state index contributed by atoms with van der Waals surface area (Å²) in [6.45, 7) is 0.264. The molecule has 2 heterocycles. The molecule has 1 unspecified atom stereocenters. The minimum Gasteiger partial charge on any atom is -0.478 e. The first-order valence-corrected chi connectivity index (χ1v) is 13.4. The van der Waals surface area contributed by atoms with Gasteiger partial charge in [-0.1, -0.05) is 53.2 Å². The molecule has 0 bridgehead atoms. The second-order valence-corrected chi connectivity index (χ2v) is 10.1. The molecule has 3 aromatic carbocycles. The molecule has 2 N–H and O–H groups in total. The van der Waals surface area contributed by atoms with E-state index in [1.807, 2.05) is 18.2 Å². The van der Waals surface area contributed by atoms with E-state index in [1.54, 1.807) is 18.2 Å². The van der Waals surface area contributed by atoms with Crippen molar-refractivity contribution < 1.29 is 29.0 Å². The average Bonchev–Trinajstić information content (AvgIpc) is 3.46. The maximum absolute atomic E-state index is 14.6. The topological polar surface area (TPSA) is 126 Å². The average molecular weight is 577 g/mol. The molecule has 1 amide bonds. The number of benzene rings is 3. The lowest BCUT2D eigenvalue weighted by Crippen LogP contribution is -2.44. The third kappa shape index (κ3) is 5.75. The SMILES string of the molecule is O=C(O)c1ccc(CC(=O)C2c3cccc(CCCO)c3CCN2C(=O)c2cn(-c3cccc(Cl)c3F)nn2)cc1. The summed E-state index contributed by atoms with van der Waals surface area (Å²) in [5, 5.41) is 26.4. The van der Waals surface area contributed by atoms with Crippen LogP contribution in [0.2, 0.25) is 5.02 Å². The van der Waals surface area contributed by atoms with E-state index in [2.05, 4.69) is 10.3 Å². The van der Waals surface area contributed by atoms with Crippen LogP contribution in [0.15, 0.2) is 66.9 Å². The number of aromatic carboxylic acids is 1. The van der Waals surface area contributed by atoms with E-state index in [9.17, 15) is 29.0 Å². The Bertz CT molecular complexity index is 1620. The Balaban J connectivity index is 1.49. The molecule has 0 radical (unpaired) electrons. The summed E-state index contributed by atoms with van der Waals surface area (Å²) in [6.07, 6.45) is 2.96. The number of carboxylic acid groups (broad SMARTS) is 1. The quantitative estimate of drug-likeness (QED) is 0.305. The fourth-order valence-corrected chi connectivity index (χ4v) is 5.34. The fraction of sp³-hybridized carbons (Fsp3) is 0.233. The molecule has 0 saturated heterocycles. The molecule has 1 aliphatic rings. The zero-order chi connectivity index (χ0) is 29.1. The number of rotatable bonds is 9. The van der Waals surface area contributed by atoms with Crippen LogP contribution in [0.4, 0.5) is 4.39 Å². The molecule has 11 heteroatoms. The highest BCUT2D eigenvalue weighted by Gasteiger charge is 2.37. The van der Waals surface area contributed by atoms with Crippen molar-refractivity contribution in [3.8, 4) is 5.69 Å². The summed E-state index contributed by atoms with van der Waals surface area (Å²) in [6, 6.07) is 15.1. The van der Waals surface area contributed by atoms with Crippen molar-refractivity contribution in [2.24, 2.45) is 0 Å². The van der Waals surface area contributed by atoms with E-state index >= 15 is 0 Å². The van der Waals surface area contributed by atoms with Crippen molar-refractivity contribution in [2.45, 2.75) is 31.7 Å². The van der Waals surface area contributed by atoms with Crippen LogP contribution in [-0.4, -0.2) is 60.9 Å². The predicted octanol–water partition coefficient (Wildman–Crippen LogP) is 4.23. The lowest BCUT2D eigenvalue weighted by molar-refractivity contribution is -0.123. The largest absolute Gasteiger partial charge is 0.478 e. The van der Waals surface area contributed by atoms with Crippen molar-refractivity contribution >= 4 is 29.3 Å². The zero-order valence-electron chi connectivity index (χ0n) is 21.8. The van der Waals surface area contributed by atoms with Gasteiger partial charge in [-0.15, -0.1) is 5.10 Å². The Morgan fingerprint density at radius 3 is 2.54 bits per heavy atom. The number of carbonyl (C=O) groups is 3. The number of hydrogen-bond donors (Lipinski definition) is 2. The number of aliphatic hydroxyl groups is 1. The number of carboxylic acids is 1. The van der Waals surface area contributed by atoms with Gasteiger partial charge in [0, 0.05) is 19.6 Å². The van der Waals surface area contributed by atoms with Gasteiger partial charge in [-0.25, -0.2) is 13.9 Å². The monoisotopic (exact) mass is 576 g/mol. The second kappa shape index (κ2) is 12.0. The molecule has 5 rings (SSSR count). The summed E-state index contributed by atoms with van der Waals surface area (Å²) in [7, 11) is 0. The van der Waals surface area contributed by atoms with Crippen molar-refractivity contribution in [1.29, 1.82) is 0 Å². The number of aliphatic hydroxyl groups excluding tert-OH is 1. The predicted molar refractivity (Wildman–Crippen MR) is 148 cm³/mol. The number of aryl methyl sites for hydroxylation is 1. The number of fused-ring (bicyclic) bond motifs is 1. The molecule has 0 fully saturated rings. The molecule has 210 valence electrons. The zero-order valence-corrected chi connectivity index (χ0v) is 22.6. The normalized spacial score (nSPS) is 14.5. The van der Waals surface area contributed by atoms with E-state index in [0.717, 1.165) is 15.8 Å². The van der Waals surface area contributed by atoms with Gasteiger partial charge >= 0.3 is 5.97 Å². The third-order valence-corrected chi connectivity index (χ3v) is 7.45. The van der Waals surface area contributed by atoms with Gasteiger partial charge in [-0.2, -0.15) is 0 Å². The highest BCUT2D eigenvalue weighted by atomic mass is 35.5. The van der Waals surface area contributed by atoms with Gasteiger partial charge < -0.3 is 15.1 Å². The molecule has 4 aromatic rings. The molecule has 1 atom stereocenters. The van der Waals surface area contributed by atoms with E-state index in [1.165, 1.54) is 35.4 Å². The number of Topliss-reactive ketones (excluding diaryl/α,β-unsaturated/α-hetero) is 1. The Kier molecular flexibility index (Phi) is 8.23. The molecule has 9 nitrogen and oxygen atoms in total. The lowest BCUT2D eigenvalue weighted by atomic mass is 9.84. The lowest BCUT2D eigenvalue weighted by Gasteiger charge is -2.37. The summed E-state index contributed by atoms with van der Waals surface area (Å²) in [4.78, 5) is 40.4. The van der Waals surface area contributed by atoms with Crippen molar-refractivity contribution in [2.75, 3.05) is 13.2 Å². The Morgan fingerprint density at radius 2 is 1.80 bits per heavy atom. The summed E-state index contributed by atoms with van der Waals surface area (Å²) < 4.78 is 15.7. The van der Waals surface area contributed by atoms with Gasteiger partial charge in [-0.05, 0) is 65.8 Å². The summed E-state index contributed by atoms with van der Waals surface area (Å²) in [5.74, 6) is -2.57. The van der Waals surface area contributed by atoms with Crippen LogP contribution in [0.3, 0.4) is 0 Å². The van der Waals surface area contributed by atoms with Gasteiger partial charge in [0.25, 0.3) is 5.91 Å². The van der Waals surface area contributed by atoms with E-state index in [4.69, 9.17) is 11.6 Å². The third-order valence-electron chi connectivity index (χ3n) is 7.16. The van der Waals surface area contributed by atoms with Gasteiger partial charge in [-0.3, -0.25) is 9.59 Å². The molecule has 1 aromatic heterocycles. The highest BCUT2D eigenvalue weighted by molar-refractivity contribution is 6.30. The number of ketones is 1. The van der Waals surface area contributed by atoms with Crippen LogP contribution in [-0.2, 0) is 24.1 Å². The van der Waals surface area contributed by atoms with E-state index < -0.39 is 23.7 Å². The molecule has 0 aliphatic carbocycles. The van der Waals surface area contributed by atoms with E-state index in [0.29, 0.717) is 30.4 Å². The van der Waals surface area contributed by atoms with Crippen LogP contribution in [0, 0.1) is 5.82 Å². The maximum atomic E-state index is 14.6. The van der Waals surface area contributed by atoms with E-state index in [-0.39, 0.29) is 47.3 Å². The van der Waals surface area contributed by atoms with Crippen molar-refractivity contribution in [1.82, 2.24) is 19.9 Å². The first kappa shape index (κ1) is 28.1. The van der Waals surface area contributed by atoms with Crippen LogP contribution < -0.4 is 0 Å². The number of aromatic nitrogens is 3. The molecule has 41 heavy (non-hydrogen) atoms. The molecular formula is C30H26ClFN4O5. The Morgan fingerprint density at radius 1 is 1.05 bits per heavy atom. The summed E-state index contributed by atoms with van der Waals surface area (Å²) >= 11 is 5.90. The molecular weight excluding hydrogens is 551 g/mol. The van der Waals surface area contributed by atoms with Crippen LogP contribution in [0.25, 0.3) is 5.69 Å². The molecule has 0 saturated carbocycles. The number of nitrogens with zero attached hydrogens (tertiary/aromatic N) is 4. The maximum Gasteiger partial charge on any atom is 0.335 e. The fourth-order valence-electron chi connectivity index (χ4n) is 5.17. The van der Waals surface area contributed by atoms with Crippen molar-refractivity contribution in [3.63, 3.8) is 0 Å². The minimum atomic E-state index is -1.07. The highest BCUT2D eigenvalue weighted by Crippen LogP contribution is 2.35. The standard InChI is InChI=1S/C30H26ClFN4O5/c31-23-7-2-8-25(27(23)32)36-17-24(33-34-36)29(39)35-14-13-21-19(5-3-15-37)4-1-6-22(21)28(35)26(38)16-18-9-11-20(12-10-18)30(40)41/h1-2,4,6-12,17,28,37H,3,5,13-16H2,(H,40,41). The minimum absolute atomic E-state index is 0.0269. The first-order chi connectivity index (χ1) is 19.8. The van der Waals surface area contributed by atoms with Gasteiger partial charge in [0.2, 0.25) is 0 Å². The van der Waals surface area contributed by atoms with Gasteiger partial charge in [0.15, 0.2) is 17.3 Å².